The third kappa shape index (κ3) is 5.86. The highest BCUT2D eigenvalue weighted by Gasteiger charge is 2.30. The first-order valence-corrected chi connectivity index (χ1v) is 10.9. The Labute approximate surface area is 191 Å². The number of rotatable bonds is 7. The molecule has 2 aromatic carbocycles. The van der Waals surface area contributed by atoms with Crippen LogP contribution in [-0.4, -0.2) is 30.2 Å². The Morgan fingerprint density at radius 2 is 1.94 bits per heavy atom. The van der Waals surface area contributed by atoms with Crippen molar-refractivity contribution in [1.82, 2.24) is 9.88 Å². The lowest BCUT2D eigenvalue weighted by Crippen LogP contribution is -2.24. The molecule has 1 N–H and O–H groups in total. The van der Waals surface area contributed by atoms with Gasteiger partial charge in [0.05, 0.1) is 11.4 Å². The summed E-state index contributed by atoms with van der Waals surface area (Å²) >= 11 is 1.40. The molecule has 0 atom stereocenters. The fourth-order valence-electron chi connectivity index (χ4n) is 3.26. The monoisotopic (exact) mass is 479 g/mol. The van der Waals surface area contributed by atoms with Gasteiger partial charge in [0.2, 0.25) is 12.7 Å². The molecule has 0 aliphatic carbocycles. The molecule has 2 heterocycles. The fraction of sp³-hybridized carbons (Fsp3) is 0.273. The quantitative estimate of drug-likeness (QED) is 0.503. The van der Waals surface area contributed by atoms with Crippen molar-refractivity contribution >= 4 is 22.9 Å². The number of ether oxygens (including phenoxy) is 3. The van der Waals surface area contributed by atoms with Crippen LogP contribution in [0.3, 0.4) is 0 Å². The third-order valence-corrected chi connectivity index (χ3v) is 5.56. The summed E-state index contributed by atoms with van der Waals surface area (Å²) in [5, 5.41) is 4.73. The van der Waals surface area contributed by atoms with Crippen LogP contribution in [0.2, 0.25) is 0 Å². The van der Waals surface area contributed by atoms with E-state index in [9.17, 15) is 18.0 Å². The first-order valence-electron chi connectivity index (χ1n) is 10.0. The van der Waals surface area contributed by atoms with Gasteiger partial charge < -0.3 is 24.1 Å². The summed E-state index contributed by atoms with van der Waals surface area (Å²) in [7, 11) is 0. The summed E-state index contributed by atoms with van der Waals surface area (Å²) in [5.74, 6) is 0.920. The number of amides is 1. The number of benzene rings is 2. The van der Waals surface area contributed by atoms with Gasteiger partial charge in [0.1, 0.15) is 5.75 Å². The number of aromatic nitrogens is 1. The van der Waals surface area contributed by atoms with Crippen molar-refractivity contribution in [3.8, 4) is 28.5 Å². The van der Waals surface area contributed by atoms with Crippen LogP contribution in [0.15, 0.2) is 52.8 Å². The molecule has 1 aromatic heterocycles. The summed E-state index contributed by atoms with van der Waals surface area (Å²) in [5.41, 5.74) is 2.29. The molecule has 1 amide bonds. The molecule has 0 bridgehead atoms. The number of carbonyl (C=O) groups excluding carboxylic acids is 1. The molecule has 1 aliphatic heterocycles. The van der Waals surface area contributed by atoms with Crippen LogP contribution in [0.25, 0.3) is 11.3 Å². The molecule has 1 aliphatic rings. The number of thiazole rings is 1. The van der Waals surface area contributed by atoms with E-state index < -0.39 is 6.36 Å². The molecular weight excluding hydrogens is 459 g/mol. The van der Waals surface area contributed by atoms with Crippen molar-refractivity contribution in [2.75, 3.05) is 13.3 Å². The summed E-state index contributed by atoms with van der Waals surface area (Å²) in [6.45, 7) is 2.71. The van der Waals surface area contributed by atoms with E-state index >= 15 is 0 Å². The number of nitrogens with one attached hydrogen (secondary N) is 1. The van der Waals surface area contributed by atoms with Gasteiger partial charge in [0, 0.05) is 31.0 Å². The fourth-order valence-corrected chi connectivity index (χ4v) is 4.21. The lowest BCUT2D eigenvalue weighted by Gasteiger charge is -2.10. The maximum atomic E-state index is 12.4. The second-order valence-corrected chi connectivity index (χ2v) is 7.95. The molecule has 174 valence electrons. The summed E-state index contributed by atoms with van der Waals surface area (Å²) < 4.78 is 54.0. The van der Waals surface area contributed by atoms with Gasteiger partial charge in [-0.25, -0.2) is 4.99 Å². The predicted molar refractivity (Wildman–Crippen MR) is 116 cm³/mol. The van der Waals surface area contributed by atoms with Gasteiger partial charge in [0.25, 0.3) is 0 Å². The van der Waals surface area contributed by atoms with E-state index in [1.807, 2.05) is 28.1 Å². The number of carbonyl (C=O) groups is 1. The van der Waals surface area contributed by atoms with Crippen LogP contribution >= 0.6 is 11.3 Å². The van der Waals surface area contributed by atoms with Gasteiger partial charge in [-0.05, 0) is 48.9 Å². The maximum Gasteiger partial charge on any atom is 0.573 e. The van der Waals surface area contributed by atoms with Crippen LogP contribution < -0.4 is 24.3 Å². The largest absolute Gasteiger partial charge is 0.573 e. The standard InChI is InChI=1S/C22H20F3N3O4S/c1-14(29)26-9-2-10-28-18(15-3-8-19-20(11-15)31-13-30-19)12-33-21(28)27-16-4-6-17(7-5-16)32-22(23,24)25/h3-8,11-12H,2,9-10,13H2,1H3,(H,26,29)/b27-21-. The predicted octanol–water partition coefficient (Wildman–Crippen LogP) is 4.60. The Morgan fingerprint density at radius 1 is 1.18 bits per heavy atom. The normalized spacial score (nSPS) is 13.3. The van der Waals surface area contributed by atoms with E-state index in [4.69, 9.17) is 9.47 Å². The SMILES string of the molecule is CC(=O)NCCCn1c(-c2ccc3c(c2)OCO3)cs/c1=N\c1ccc(OC(F)(F)F)cc1. The van der Waals surface area contributed by atoms with Crippen LogP contribution in [-0.2, 0) is 11.3 Å². The molecule has 0 spiro atoms. The second kappa shape index (κ2) is 9.57. The smallest absolute Gasteiger partial charge is 0.454 e. The minimum absolute atomic E-state index is 0.104. The zero-order valence-electron chi connectivity index (χ0n) is 17.5. The van der Waals surface area contributed by atoms with E-state index in [-0.39, 0.29) is 18.4 Å². The summed E-state index contributed by atoms with van der Waals surface area (Å²) in [4.78, 5) is 16.5. The van der Waals surface area contributed by atoms with E-state index in [0.717, 1.165) is 11.3 Å². The van der Waals surface area contributed by atoms with Gasteiger partial charge in [-0.15, -0.1) is 24.5 Å². The highest BCUT2D eigenvalue weighted by atomic mass is 32.1. The average Bonchev–Trinajstić information content (AvgIpc) is 3.38. The topological polar surface area (TPSA) is 74.1 Å². The van der Waals surface area contributed by atoms with E-state index in [2.05, 4.69) is 15.0 Å². The van der Waals surface area contributed by atoms with Crippen molar-refractivity contribution in [2.45, 2.75) is 26.3 Å². The number of alkyl halides is 3. The number of halogens is 3. The Balaban J connectivity index is 1.65. The first kappa shape index (κ1) is 22.7. The minimum Gasteiger partial charge on any atom is -0.454 e. The Bertz CT molecular complexity index is 1200. The third-order valence-electron chi connectivity index (χ3n) is 4.69. The lowest BCUT2D eigenvalue weighted by molar-refractivity contribution is -0.274. The van der Waals surface area contributed by atoms with E-state index in [1.54, 1.807) is 0 Å². The van der Waals surface area contributed by atoms with Crippen LogP contribution in [0.1, 0.15) is 13.3 Å². The van der Waals surface area contributed by atoms with Crippen LogP contribution in [0.4, 0.5) is 18.9 Å². The van der Waals surface area contributed by atoms with Crippen molar-refractivity contribution in [3.05, 3.63) is 52.6 Å². The molecule has 3 aromatic rings. The molecule has 11 heteroatoms. The summed E-state index contributed by atoms with van der Waals surface area (Å²) in [6, 6.07) is 11.0. The van der Waals surface area contributed by atoms with Crippen molar-refractivity contribution in [2.24, 2.45) is 4.99 Å². The van der Waals surface area contributed by atoms with Crippen molar-refractivity contribution < 1.29 is 32.2 Å². The molecule has 4 rings (SSSR count). The molecular formula is C22H20F3N3O4S. The molecule has 0 fully saturated rings. The molecule has 0 saturated heterocycles. The van der Waals surface area contributed by atoms with Gasteiger partial charge in [-0.2, -0.15) is 0 Å². The Morgan fingerprint density at radius 3 is 2.67 bits per heavy atom. The van der Waals surface area contributed by atoms with Gasteiger partial charge in [0.15, 0.2) is 16.3 Å². The Kier molecular flexibility index (Phi) is 6.59. The second-order valence-electron chi connectivity index (χ2n) is 7.11. The number of hydrogen-bond acceptors (Lipinski definition) is 6. The van der Waals surface area contributed by atoms with E-state index in [1.165, 1.54) is 42.5 Å². The first-order chi connectivity index (χ1) is 15.8. The molecule has 7 nitrogen and oxygen atoms in total. The van der Waals surface area contributed by atoms with Gasteiger partial charge in [-0.1, -0.05) is 0 Å². The van der Waals surface area contributed by atoms with Gasteiger partial charge in [-0.3, -0.25) is 4.79 Å². The molecule has 0 saturated carbocycles. The van der Waals surface area contributed by atoms with Gasteiger partial charge >= 0.3 is 6.36 Å². The maximum absolute atomic E-state index is 12.4. The number of fused-ring (bicyclic) bond motifs is 1. The lowest BCUT2D eigenvalue weighted by atomic mass is 10.1. The van der Waals surface area contributed by atoms with Crippen LogP contribution in [0.5, 0.6) is 17.2 Å². The number of nitrogens with zero attached hydrogens (tertiary/aromatic N) is 2. The highest BCUT2D eigenvalue weighted by Crippen LogP contribution is 2.36. The summed E-state index contributed by atoms with van der Waals surface area (Å²) in [6.07, 6.45) is -4.08. The van der Waals surface area contributed by atoms with E-state index in [0.29, 0.717) is 41.5 Å². The number of hydrogen-bond donors (Lipinski definition) is 1. The molecule has 33 heavy (non-hydrogen) atoms. The molecule has 0 unspecified atom stereocenters. The zero-order valence-corrected chi connectivity index (χ0v) is 18.3. The van der Waals surface area contributed by atoms with Crippen molar-refractivity contribution in [1.29, 1.82) is 0 Å². The van der Waals surface area contributed by atoms with Crippen LogP contribution in [0, 0.1) is 0 Å². The molecule has 0 radical (unpaired) electrons. The average molecular weight is 479 g/mol. The minimum atomic E-state index is -4.75. The zero-order chi connectivity index (χ0) is 23.4. The van der Waals surface area contributed by atoms with Crippen molar-refractivity contribution in [3.63, 3.8) is 0 Å². The Hall–Kier alpha value is -3.47. The highest BCUT2D eigenvalue weighted by molar-refractivity contribution is 7.07.